The lowest BCUT2D eigenvalue weighted by atomic mass is 9.99. The van der Waals surface area contributed by atoms with Crippen molar-refractivity contribution in [3.05, 3.63) is 59.1 Å². The first-order chi connectivity index (χ1) is 14.0. The molecule has 0 saturated carbocycles. The number of nitrogens with one attached hydrogen (secondary N) is 2. The fraction of sp³-hybridized carbons (Fsp3) is 0.300. The molecule has 1 aromatic carbocycles. The van der Waals surface area contributed by atoms with Gasteiger partial charge in [-0.1, -0.05) is 30.0 Å². The minimum atomic E-state index is -0.462. The summed E-state index contributed by atoms with van der Waals surface area (Å²) in [6, 6.07) is 9.19. The summed E-state index contributed by atoms with van der Waals surface area (Å²) in [6.07, 6.45) is 3.84. The Morgan fingerprint density at radius 2 is 2.03 bits per heavy atom. The summed E-state index contributed by atoms with van der Waals surface area (Å²) in [4.78, 5) is 17.9. The number of carbonyl (C=O) groups is 1. The SMILES string of the molecule is CCn1ccc([C@H]2C(C(=O)Nc3ccccc3C)=C(C)Nc3nc(SC)nn32)n1. The Balaban J connectivity index is 1.78. The number of aromatic nitrogens is 5. The fourth-order valence-corrected chi connectivity index (χ4v) is 3.73. The zero-order valence-electron chi connectivity index (χ0n) is 16.8. The number of benzene rings is 1. The molecule has 3 aromatic rings. The molecular formula is C20H23N7OS. The lowest BCUT2D eigenvalue weighted by Gasteiger charge is -2.27. The van der Waals surface area contributed by atoms with Crippen LogP contribution in [-0.2, 0) is 11.3 Å². The third kappa shape index (κ3) is 3.53. The number of allylic oxidation sites excluding steroid dienone is 1. The minimum absolute atomic E-state index is 0.188. The maximum Gasteiger partial charge on any atom is 0.255 e. The first kappa shape index (κ1) is 19.3. The second-order valence-corrected chi connectivity index (χ2v) is 7.57. The Morgan fingerprint density at radius 1 is 1.24 bits per heavy atom. The molecule has 2 N–H and O–H groups in total. The highest BCUT2D eigenvalue weighted by Gasteiger charge is 2.35. The van der Waals surface area contributed by atoms with Crippen LogP contribution in [0.5, 0.6) is 0 Å². The molecule has 1 atom stereocenters. The molecule has 3 heterocycles. The Morgan fingerprint density at radius 3 is 2.72 bits per heavy atom. The fourth-order valence-electron chi connectivity index (χ4n) is 3.39. The zero-order chi connectivity index (χ0) is 20.5. The van der Waals surface area contributed by atoms with Crippen LogP contribution in [0.25, 0.3) is 0 Å². The number of hydrogen-bond acceptors (Lipinski definition) is 6. The highest BCUT2D eigenvalue weighted by Crippen LogP contribution is 2.35. The van der Waals surface area contributed by atoms with E-state index in [0.29, 0.717) is 16.7 Å². The minimum Gasteiger partial charge on any atom is -0.328 e. The molecule has 150 valence electrons. The highest BCUT2D eigenvalue weighted by atomic mass is 32.2. The van der Waals surface area contributed by atoms with Crippen molar-refractivity contribution in [3.63, 3.8) is 0 Å². The van der Waals surface area contributed by atoms with Crippen LogP contribution in [0.2, 0.25) is 0 Å². The summed E-state index contributed by atoms with van der Waals surface area (Å²) in [7, 11) is 0. The van der Waals surface area contributed by atoms with Crippen molar-refractivity contribution in [3.8, 4) is 0 Å². The Bertz CT molecular complexity index is 1100. The van der Waals surface area contributed by atoms with Crippen molar-refractivity contribution >= 4 is 29.3 Å². The normalized spacial score (nSPS) is 15.8. The molecule has 0 radical (unpaired) electrons. The van der Waals surface area contributed by atoms with Gasteiger partial charge < -0.3 is 10.6 Å². The van der Waals surface area contributed by atoms with Crippen LogP contribution in [0.3, 0.4) is 0 Å². The average Bonchev–Trinajstić information content (AvgIpc) is 3.35. The first-order valence-corrected chi connectivity index (χ1v) is 10.6. The van der Waals surface area contributed by atoms with Crippen molar-refractivity contribution in [2.45, 2.75) is 38.5 Å². The van der Waals surface area contributed by atoms with Crippen molar-refractivity contribution in [2.24, 2.45) is 0 Å². The molecule has 0 bridgehead atoms. The number of para-hydroxylation sites is 1. The molecular weight excluding hydrogens is 386 g/mol. The van der Waals surface area contributed by atoms with Crippen LogP contribution in [-0.4, -0.2) is 36.7 Å². The van der Waals surface area contributed by atoms with E-state index in [1.165, 1.54) is 11.8 Å². The Hall–Kier alpha value is -3.07. The molecule has 4 rings (SSSR count). The van der Waals surface area contributed by atoms with E-state index in [9.17, 15) is 4.79 Å². The molecule has 0 aliphatic carbocycles. The van der Waals surface area contributed by atoms with Gasteiger partial charge in [-0.05, 0) is 44.7 Å². The summed E-state index contributed by atoms with van der Waals surface area (Å²) in [6.45, 7) is 6.63. The van der Waals surface area contributed by atoms with Crippen LogP contribution in [0.15, 0.2) is 53.0 Å². The third-order valence-electron chi connectivity index (χ3n) is 4.92. The zero-order valence-corrected chi connectivity index (χ0v) is 17.6. The van der Waals surface area contributed by atoms with E-state index in [1.54, 1.807) is 4.68 Å². The van der Waals surface area contributed by atoms with Crippen molar-refractivity contribution in [1.82, 2.24) is 24.5 Å². The second-order valence-electron chi connectivity index (χ2n) is 6.80. The number of thioether (sulfide) groups is 1. The predicted octanol–water partition coefficient (Wildman–Crippen LogP) is 3.45. The van der Waals surface area contributed by atoms with Gasteiger partial charge in [0.2, 0.25) is 11.1 Å². The Kier molecular flexibility index (Phi) is 5.14. The van der Waals surface area contributed by atoms with Crippen LogP contribution in [0.1, 0.15) is 31.1 Å². The summed E-state index contributed by atoms with van der Waals surface area (Å²) < 4.78 is 3.59. The third-order valence-corrected chi connectivity index (χ3v) is 5.46. The molecule has 1 aliphatic heterocycles. The molecule has 29 heavy (non-hydrogen) atoms. The molecule has 9 heteroatoms. The molecule has 2 aromatic heterocycles. The van der Waals surface area contributed by atoms with Gasteiger partial charge in [0.05, 0.1) is 11.3 Å². The van der Waals surface area contributed by atoms with Crippen LogP contribution in [0, 0.1) is 6.92 Å². The van der Waals surface area contributed by atoms with E-state index in [4.69, 9.17) is 0 Å². The topological polar surface area (TPSA) is 89.7 Å². The number of hydrogen-bond donors (Lipinski definition) is 2. The van der Waals surface area contributed by atoms with Gasteiger partial charge in [0.15, 0.2) is 0 Å². The average molecular weight is 410 g/mol. The maximum atomic E-state index is 13.4. The molecule has 0 fully saturated rings. The van der Waals surface area contributed by atoms with Crippen LogP contribution < -0.4 is 10.6 Å². The van der Waals surface area contributed by atoms with E-state index in [-0.39, 0.29) is 5.91 Å². The molecule has 0 unspecified atom stereocenters. The van der Waals surface area contributed by atoms with E-state index in [0.717, 1.165) is 29.2 Å². The van der Waals surface area contributed by atoms with E-state index in [2.05, 4.69) is 25.8 Å². The number of carbonyl (C=O) groups excluding carboxylic acids is 1. The molecule has 8 nitrogen and oxygen atoms in total. The molecule has 1 aliphatic rings. The summed E-state index contributed by atoms with van der Waals surface area (Å²) in [5, 5.41) is 16.2. The summed E-state index contributed by atoms with van der Waals surface area (Å²) >= 11 is 1.46. The van der Waals surface area contributed by atoms with E-state index < -0.39 is 6.04 Å². The predicted molar refractivity (Wildman–Crippen MR) is 114 cm³/mol. The number of amides is 1. The lowest BCUT2D eigenvalue weighted by molar-refractivity contribution is -0.113. The lowest BCUT2D eigenvalue weighted by Crippen LogP contribution is -2.32. The van der Waals surface area contributed by atoms with E-state index >= 15 is 0 Å². The maximum absolute atomic E-state index is 13.4. The molecule has 0 spiro atoms. The van der Waals surface area contributed by atoms with Crippen molar-refractivity contribution < 1.29 is 4.79 Å². The summed E-state index contributed by atoms with van der Waals surface area (Å²) in [5.41, 5.74) is 3.84. The van der Waals surface area contributed by atoms with Gasteiger partial charge in [0.25, 0.3) is 5.91 Å². The largest absolute Gasteiger partial charge is 0.328 e. The highest BCUT2D eigenvalue weighted by molar-refractivity contribution is 7.98. The van der Waals surface area contributed by atoms with Gasteiger partial charge in [-0.25, -0.2) is 4.68 Å². The number of aryl methyl sites for hydroxylation is 2. The number of rotatable bonds is 5. The summed E-state index contributed by atoms with van der Waals surface area (Å²) in [5.74, 6) is 0.419. The number of fused-ring (bicyclic) bond motifs is 1. The molecule has 0 saturated heterocycles. The van der Waals surface area contributed by atoms with Gasteiger partial charge in [-0.2, -0.15) is 10.1 Å². The van der Waals surface area contributed by atoms with E-state index in [1.807, 2.05) is 68.2 Å². The molecule has 1 amide bonds. The Labute approximate surface area is 173 Å². The van der Waals surface area contributed by atoms with Crippen LogP contribution in [0.4, 0.5) is 11.6 Å². The van der Waals surface area contributed by atoms with Crippen molar-refractivity contribution in [1.29, 1.82) is 0 Å². The van der Waals surface area contributed by atoms with Gasteiger partial charge in [-0.15, -0.1) is 5.10 Å². The number of nitrogens with zero attached hydrogens (tertiary/aromatic N) is 5. The van der Waals surface area contributed by atoms with Gasteiger partial charge in [0.1, 0.15) is 6.04 Å². The monoisotopic (exact) mass is 409 g/mol. The quantitative estimate of drug-likeness (QED) is 0.628. The van der Waals surface area contributed by atoms with Gasteiger partial charge in [0, 0.05) is 24.1 Å². The number of anilines is 2. The van der Waals surface area contributed by atoms with Crippen LogP contribution >= 0.6 is 11.8 Å². The van der Waals surface area contributed by atoms with Gasteiger partial charge in [-0.3, -0.25) is 9.48 Å². The standard InChI is InChI=1S/C20H23N7OS/c1-5-26-11-10-15(24-26)17-16(18(28)22-14-9-7-6-8-12(14)2)13(3)21-19-23-20(29-4)25-27(17)19/h6-11,17H,5H2,1-4H3,(H,22,28)(H,21,23,25)/t17-/m0/s1. The van der Waals surface area contributed by atoms with Crippen molar-refractivity contribution in [2.75, 3.05) is 16.9 Å². The first-order valence-electron chi connectivity index (χ1n) is 9.40. The van der Waals surface area contributed by atoms with Gasteiger partial charge >= 0.3 is 0 Å². The smallest absolute Gasteiger partial charge is 0.255 e. The second kappa shape index (κ2) is 7.75.